The molecule has 5 nitrogen and oxygen atoms in total. The van der Waals surface area contributed by atoms with E-state index < -0.39 is 80.4 Å². The molecule has 3 aromatic rings. The standard InChI is InChI=1S/C29H20BrCl2F11N2O3/c1-3-48-8-7-45(25(47)14-9-19(31)13(2)20(32)10-14)21-6-4-5-16(22(21)33)24(46)44-23-17(27(35,36)37)11-15(12-18(23)30)26(34,28(38,39)40)29(41,42)43/h4-6,9-12H,3,7-8H2,1-2H3,(H,44,46). The second-order valence-electron chi connectivity index (χ2n) is 9.84. The average Bonchev–Trinajstić information content (AvgIpc) is 2.96. The van der Waals surface area contributed by atoms with Crippen LogP contribution in [0.5, 0.6) is 0 Å². The van der Waals surface area contributed by atoms with Crippen LogP contribution in [0.25, 0.3) is 0 Å². The van der Waals surface area contributed by atoms with Gasteiger partial charge in [0.25, 0.3) is 11.8 Å². The number of ether oxygens (including phenoxy) is 1. The minimum Gasteiger partial charge on any atom is -0.380 e. The first-order valence-corrected chi connectivity index (χ1v) is 14.7. The molecule has 0 atom stereocenters. The van der Waals surface area contributed by atoms with Crippen LogP contribution < -0.4 is 10.2 Å². The minimum absolute atomic E-state index is 0.0803. The van der Waals surface area contributed by atoms with Crippen molar-refractivity contribution in [3.05, 3.63) is 90.6 Å². The molecule has 0 bridgehead atoms. The molecule has 0 aliphatic heterocycles. The smallest absolute Gasteiger partial charge is 0.380 e. The highest BCUT2D eigenvalue weighted by Crippen LogP contribution is 2.55. The van der Waals surface area contributed by atoms with Crippen LogP contribution in [0.15, 0.2) is 46.9 Å². The summed E-state index contributed by atoms with van der Waals surface area (Å²) in [6.45, 7) is 2.87. The van der Waals surface area contributed by atoms with Crippen LogP contribution in [0, 0.1) is 12.7 Å². The predicted octanol–water partition coefficient (Wildman–Crippen LogP) is 10.4. The van der Waals surface area contributed by atoms with Gasteiger partial charge in [-0.3, -0.25) is 9.59 Å². The number of nitrogens with one attached hydrogen (secondary N) is 1. The van der Waals surface area contributed by atoms with E-state index in [2.05, 4.69) is 15.9 Å². The average molecular weight is 804 g/mol. The number of amides is 2. The van der Waals surface area contributed by atoms with Crippen molar-refractivity contribution in [2.24, 2.45) is 0 Å². The number of carbonyl (C=O) groups is 2. The van der Waals surface area contributed by atoms with Gasteiger partial charge in [0.05, 0.1) is 29.1 Å². The lowest BCUT2D eigenvalue weighted by molar-refractivity contribution is -0.348. The third-order valence-corrected chi connectivity index (χ3v) is 8.17. The summed E-state index contributed by atoms with van der Waals surface area (Å²) in [4.78, 5) is 27.4. The molecule has 48 heavy (non-hydrogen) atoms. The summed E-state index contributed by atoms with van der Waals surface area (Å²) >= 11 is 14.6. The van der Waals surface area contributed by atoms with Crippen molar-refractivity contribution in [3.8, 4) is 0 Å². The number of anilines is 2. The lowest BCUT2D eigenvalue weighted by Crippen LogP contribution is -2.50. The van der Waals surface area contributed by atoms with Crippen molar-refractivity contribution in [1.29, 1.82) is 0 Å². The Kier molecular flexibility index (Phi) is 11.8. The molecule has 0 aliphatic rings. The van der Waals surface area contributed by atoms with Crippen LogP contribution in [0.2, 0.25) is 10.0 Å². The van der Waals surface area contributed by atoms with Gasteiger partial charge in [-0.1, -0.05) is 29.3 Å². The van der Waals surface area contributed by atoms with Gasteiger partial charge in [0, 0.05) is 38.8 Å². The molecule has 0 saturated carbocycles. The number of hydrogen-bond acceptors (Lipinski definition) is 3. The summed E-state index contributed by atoms with van der Waals surface area (Å²) in [7, 11) is 0. The van der Waals surface area contributed by atoms with Crippen molar-refractivity contribution in [3.63, 3.8) is 0 Å². The molecule has 0 spiro atoms. The van der Waals surface area contributed by atoms with Gasteiger partial charge in [-0.15, -0.1) is 0 Å². The number of halogens is 14. The summed E-state index contributed by atoms with van der Waals surface area (Å²) in [6, 6.07) is 4.30. The van der Waals surface area contributed by atoms with Crippen LogP contribution in [-0.2, 0) is 16.6 Å². The Labute approximate surface area is 283 Å². The SMILES string of the molecule is CCOCCN(C(=O)c1cc(Cl)c(C)c(Cl)c1)c1cccc(C(=O)Nc2c(Br)cc(C(F)(C(F)(F)F)C(F)(F)F)cc2C(F)(F)F)c1F. The normalized spacial score (nSPS) is 12.7. The molecule has 0 radical (unpaired) electrons. The Bertz CT molecular complexity index is 1680. The summed E-state index contributed by atoms with van der Waals surface area (Å²) in [5.41, 5.74) is -13.8. The molecule has 2 amide bonds. The molecule has 0 unspecified atom stereocenters. The van der Waals surface area contributed by atoms with Gasteiger partial charge in [0.2, 0.25) is 0 Å². The van der Waals surface area contributed by atoms with E-state index in [1.807, 2.05) is 0 Å². The molecule has 0 fully saturated rings. The monoisotopic (exact) mass is 802 g/mol. The fourth-order valence-corrected chi connectivity index (χ4v) is 5.33. The Morgan fingerprint density at radius 2 is 1.48 bits per heavy atom. The second kappa shape index (κ2) is 14.4. The van der Waals surface area contributed by atoms with Gasteiger partial charge in [0.15, 0.2) is 5.82 Å². The van der Waals surface area contributed by atoms with Crippen molar-refractivity contribution in [1.82, 2.24) is 0 Å². The van der Waals surface area contributed by atoms with Crippen LogP contribution in [-0.4, -0.2) is 43.9 Å². The lowest BCUT2D eigenvalue weighted by Gasteiger charge is -2.31. The van der Waals surface area contributed by atoms with E-state index in [4.69, 9.17) is 27.9 Å². The third kappa shape index (κ3) is 7.84. The van der Waals surface area contributed by atoms with Crippen molar-refractivity contribution in [2.75, 3.05) is 30.0 Å². The number of benzene rings is 3. The highest BCUT2D eigenvalue weighted by atomic mass is 79.9. The molecule has 0 saturated heterocycles. The predicted molar refractivity (Wildman–Crippen MR) is 158 cm³/mol. The number of nitrogens with zero attached hydrogens (tertiary/aromatic N) is 1. The molecular weight excluding hydrogens is 784 g/mol. The molecule has 0 heterocycles. The Balaban J connectivity index is 2.14. The fourth-order valence-electron chi connectivity index (χ4n) is 4.28. The van der Waals surface area contributed by atoms with Crippen LogP contribution in [0.1, 0.15) is 44.3 Å². The largest absolute Gasteiger partial charge is 0.435 e. The highest BCUT2D eigenvalue weighted by Gasteiger charge is 2.73. The van der Waals surface area contributed by atoms with E-state index in [1.165, 1.54) is 12.1 Å². The zero-order chi connectivity index (χ0) is 36.6. The maximum Gasteiger partial charge on any atom is 0.435 e. The minimum atomic E-state index is -6.75. The van der Waals surface area contributed by atoms with Gasteiger partial charge < -0.3 is 15.0 Å². The Morgan fingerprint density at radius 3 is 1.98 bits per heavy atom. The van der Waals surface area contributed by atoms with E-state index in [-0.39, 0.29) is 41.4 Å². The zero-order valence-corrected chi connectivity index (χ0v) is 27.2. The van der Waals surface area contributed by atoms with Crippen LogP contribution in [0.3, 0.4) is 0 Å². The second-order valence-corrected chi connectivity index (χ2v) is 11.5. The molecule has 262 valence electrons. The first-order valence-electron chi connectivity index (χ1n) is 13.2. The van der Waals surface area contributed by atoms with E-state index >= 15 is 4.39 Å². The van der Waals surface area contributed by atoms with Gasteiger partial charge >= 0.3 is 24.2 Å². The van der Waals surface area contributed by atoms with Gasteiger partial charge in [-0.2, -0.15) is 39.5 Å². The number of carbonyl (C=O) groups excluding carboxylic acids is 2. The Morgan fingerprint density at radius 1 is 0.917 bits per heavy atom. The molecule has 0 aromatic heterocycles. The summed E-state index contributed by atoms with van der Waals surface area (Å²) < 4.78 is 156. The van der Waals surface area contributed by atoms with Crippen LogP contribution >= 0.6 is 39.1 Å². The van der Waals surface area contributed by atoms with Crippen molar-refractivity contribution < 1.29 is 62.6 Å². The van der Waals surface area contributed by atoms with E-state index in [1.54, 1.807) is 19.2 Å². The lowest BCUT2D eigenvalue weighted by atomic mass is 9.92. The van der Waals surface area contributed by atoms with E-state index in [0.29, 0.717) is 5.56 Å². The molecule has 3 rings (SSSR count). The summed E-state index contributed by atoms with van der Waals surface area (Å²) in [6.07, 6.45) is -19.3. The van der Waals surface area contributed by atoms with Gasteiger partial charge in [-0.25, -0.2) is 8.78 Å². The summed E-state index contributed by atoms with van der Waals surface area (Å²) in [5, 5.41) is 1.77. The number of rotatable bonds is 9. The van der Waals surface area contributed by atoms with Gasteiger partial charge in [0.1, 0.15) is 0 Å². The fraction of sp³-hybridized carbons (Fsp3) is 0.310. The number of alkyl halides is 10. The third-order valence-electron chi connectivity index (χ3n) is 6.76. The van der Waals surface area contributed by atoms with Gasteiger partial charge in [-0.05, 0) is 71.7 Å². The van der Waals surface area contributed by atoms with Crippen molar-refractivity contribution >= 4 is 62.3 Å². The first-order chi connectivity index (χ1) is 22.0. The maximum absolute atomic E-state index is 15.9. The first kappa shape index (κ1) is 39.3. The Hall–Kier alpha value is -3.15. The molecule has 0 aliphatic carbocycles. The van der Waals surface area contributed by atoms with E-state index in [0.717, 1.165) is 23.1 Å². The quantitative estimate of drug-likeness (QED) is 0.173. The molecule has 1 N–H and O–H groups in total. The molecular formula is C29H20BrCl2F11N2O3. The molecule has 3 aromatic carbocycles. The highest BCUT2D eigenvalue weighted by molar-refractivity contribution is 9.10. The molecule has 19 heteroatoms. The number of hydrogen-bond donors (Lipinski definition) is 1. The zero-order valence-electron chi connectivity index (χ0n) is 24.1. The maximum atomic E-state index is 15.9. The van der Waals surface area contributed by atoms with Crippen LogP contribution in [0.4, 0.5) is 59.7 Å². The van der Waals surface area contributed by atoms with E-state index in [9.17, 15) is 53.5 Å². The topological polar surface area (TPSA) is 58.6 Å². The summed E-state index contributed by atoms with van der Waals surface area (Å²) in [5.74, 6) is -4.04. The van der Waals surface area contributed by atoms with Crippen molar-refractivity contribution in [2.45, 2.75) is 38.0 Å².